The van der Waals surface area contributed by atoms with Crippen LogP contribution in [-0.4, -0.2) is 20.8 Å². The normalized spacial score (nSPS) is 19.7. The molecule has 5 heteroatoms. The molecular weight excluding hydrogens is 301 g/mol. The molecule has 0 saturated carbocycles. The third-order valence-corrected chi connectivity index (χ3v) is 3.97. The predicted molar refractivity (Wildman–Crippen MR) is 71.8 cm³/mol. The number of rotatable bonds is 3. The minimum absolute atomic E-state index is 0.144. The van der Waals surface area contributed by atoms with Gasteiger partial charge in [0.05, 0.1) is 14.2 Å². The standard InChI is InChI=1S/C13H17BrFNO2/c1-17-12-8(10-5-3-4-6-16-10)7-9(15)13(18-2)11(12)14/h7,10,16H,3-6H2,1-2H3. The summed E-state index contributed by atoms with van der Waals surface area (Å²) in [7, 11) is 3.03. The second-order valence-electron chi connectivity index (χ2n) is 4.33. The third-order valence-electron chi connectivity index (χ3n) is 3.25. The minimum Gasteiger partial charge on any atom is -0.495 e. The molecule has 1 fully saturated rings. The molecular formula is C13H17BrFNO2. The molecule has 100 valence electrons. The van der Waals surface area contributed by atoms with Crippen molar-refractivity contribution in [2.24, 2.45) is 0 Å². The average molecular weight is 318 g/mol. The SMILES string of the molecule is COc1c(F)cc(C2CCCCN2)c(OC)c1Br. The molecule has 0 radical (unpaired) electrons. The first kappa shape index (κ1) is 13.6. The van der Waals surface area contributed by atoms with E-state index in [4.69, 9.17) is 9.47 Å². The number of hydrogen-bond acceptors (Lipinski definition) is 3. The zero-order valence-electron chi connectivity index (χ0n) is 10.6. The van der Waals surface area contributed by atoms with Crippen LogP contribution in [-0.2, 0) is 0 Å². The van der Waals surface area contributed by atoms with Crippen molar-refractivity contribution >= 4 is 15.9 Å². The minimum atomic E-state index is -0.368. The quantitative estimate of drug-likeness (QED) is 0.926. The molecule has 1 heterocycles. The van der Waals surface area contributed by atoms with E-state index in [2.05, 4.69) is 21.2 Å². The van der Waals surface area contributed by atoms with Crippen molar-refractivity contribution in [3.8, 4) is 11.5 Å². The van der Waals surface area contributed by atoms with Gasteiger partial charge in [-0.25, -0.2) is 4.39 Å². The summed E-state index contributed by atoms with van der Waals surface area (Å²) in [6.07, 6.45) is 3.30. The van der Waals surface area contributed by atoms with Crippen molar-refractivity contribution in [2.75, 3.05) is 20.8 Å². The fraction of sp³-hybridized carbons (Fsp3) is 0.538. The highest BCUT2D eigenvalue weighted by atomic mass is 79.9. The van der Waals surface area contributed by atoms with Gasteiger partial charge in [0.25, 0.3) is 0 Å². The van der Waals surface area contributed by atoms with Gasteiger partial charge in [-0.1, -0.05) is 6.42 Å². The number of piperidine rings is 1. The maximum absolute atomic E-state index is 13.9. The zero-order chi connectivity index (χ0) is 13.1. The van der Waals surface area contributed by atoms with E-state index in [1.165, 1.54) is 19.6 Å². The second kappa shape index (κ2) is 5.89. The molecule has 0 aliphatic carbocycles. The first-order valence-corrected chi connectivity index (χ1v) is 6.81. The van der Waals surface area contributed by atoms with E-state index >= 15 is 0 Å². The molecule has 3 nitrogen and oxygen atoms in total. The molecule has 1 N–H and O–H groups in total. The molecule has 1 aliphatic rings. The largest absolute Gasteiger partial charge is 0.495 e. The average Bonchev–Trinajstić information content (AvgIpc) is 2.39. The molecule has 18 heavy (non-hydrogen) atoms. The molecule has 1 aliphatic heterocycles. The highest BCUT2D eigenvalue weighted by Gasteiger charge is 2.24. The van der Waals surface area contributed by atoms with Crippen molar-refractivity contribution in [3.05, 3.63) is 21.9 Å². The Morgan fingerprint density at radius 3 is 2.56 bits per heavy atom. The molecule has 2 rings (SSSR count). The second-order valence-corrected chi connectivity index (χ2v) is 5.12. The highest BCUT2D eigenvalue weighted by Crippen LogP contribution is 2.42. The number of nitrogens with one attached hydrogen (secondary N) is 1. The van der Waals surface area contributed by atoms with Gasteiger partial charge < -0.3 is 14.8 Å². The number of benzene rings is 1. The van der Waals surface area contributed by atoms with Crippen molar-refractivity contribution in [2.45, 2.75) is 25.3 Å². The van der Waals surface area contributed by atoms with Crippen LogP contribution in [0.25, 0.3) is 0 Å². The molecule has 0 aromatic heterocycles. The van der Waals surface area contributed by atoms with Crippen LogP contribution in [0.2, 0.25) is 0 Å². The van der Waals surface area contributed by atoms with E-state index in [-0.39, 0.29) is 17.6 Å². The van der Waals surface area contributed by atoms with E-state index in [0.29, 0.717) is 10.2 Å². The summed E-state index contributed by atoms with van der Waals surface area (Å²) in [5.41, 5.74) is 0.849. The number of ether oxygens (including phenoxy) is 2. The van der Waals surface area contributed by atoms with E-state index < -0.39 is 0 Å². The molecule has 1 aromatic carbocycles. The summed E-state index contributed by atoms with van der Waals surface area (Å²) < 4.78 is 24.9. The molecule has 1 aromatic rings. The van der Waals surface area contributed by atoms with Crippen molar-refractivity contribution < 1.29 is 13.9 Å². The Morgan fingerprint density at radius 2 is 2.00 bits per heavy atom. The molecule has 0 amide bonds. The van der Waals surface area contributed by atoms with Crippen LogP contribution >= 0.6 is 15.9 Å². The van der Waals surface area contributed by atoms with E-state index in [9.17, 15) is 4.39 Å². The summed E-state index contributed by atoms with van der Waals surface area (Å²) in [6, 6.07) is 1.65. The number of hydrogen-bond donors (Lipinski definition) is 1. The Balaban J connectivity index is 2.45. The van der Waals surface area contributed by atoms with Gasteiger partial charge in [-0.3, -0.25) is 0 Å². The fourth-order valence-corrected chi connectivity index (χ4v) is 3.12. The summed E-state index contributed by atoms with van der Waals surface area (Å²) in [4.78, 5) is 0. The summed E-state index contributed by atoms with van der Waals surface area (Å²) in [5.74, 6) is 0.464. The van der Waals surface area contributed by atoms with Gasteiger partial charge >= 0.3 is 0 Å². The lowest BCUT2D eigenvalue weighted by Crippen LogP contribution is -2.27. The van der Waals surface area contributed by atoms with E-state index in [0.717, 1.165) is 24.9 Å². The van der Waals surface area contributed by atoms with Crippen LogP contribution in [0.5, 0.6) is 11.5 Å². The number of halogens is 2. The summed E-state index contributed by atoms with van der Waals surface area (Å²) in [5, 5.41) is 3.39. The Kier molecular flexibility index (Phi) is 4.45. The van der Waals surface area contributed by atoms with Crippen LogP contribution in [0.4, 0.5) is 4.39 Å². The van der Waals surface area contributed by atoms with Gasteiger partial charge in [0, 0.05) is 11.6 Å². The van der Waals surface area contributed by atoms with Gasteiger partial charge in [-0.2, -0.15) is 0 Å². The number of methoxy groups -OCH3 is 2. The van der Waals surface area contributed by atoms with Gasteiger partial charge in [-0.15, -0.1) is 0 Å². The molecule has 0 bridgehead atoms. The van der Waals surface area contributed by atoms with Gasteiger partial charge in [0.1, 0.15) is 10.2 Å². The first-order valence-electron chi connectivity index (χ1n) is 6.02. The Hall–Kier alpha value is -0.810. The molecule has 0 spiro atoms. The maximum Gasteiger partial charge on any atom is 0.172 e. The van der Waals surface area contributed by atoms with Gasteiger partial charge in [-0.05, 0) is 41.4 Å². The Labute approximate surface area is 115 Å². The van der Waals surface area contributed by atoms with Crippen molar-refractivity contribution in [1.82, 2.24) is 5.32 Å². The highest BCUT2D eigenvalue weighted by molar-refractivity contribution is 9.10. The van der Waals surface area contributed by atoms with Crippen LogP contribution < -0.4 is 14.8 Å². The van der Waals surface area contributed by atoms with Crippen LogP contribution in [0.3, 0.4) is 0 Å². The first-order chi connectivity index (χ1) is 8.69. The Morgan fingerprint density at radius 1 is 1.28 bits per heavy atom. The lowest BCUT2D eigenvalue weighted by Gasteiger charge is -2.26. The van der Waals surface area contributed by atoms with Gasteiger partial charge in [0.2, 0.25) is 0 Å². The van der Waals surface area contributed by atoms with Crippen molar-refractivity contribution in [3.63, 3.8) is 0 Å². The molecule has 1 saturated heterocycles. The van der Waals surface area contributed by atoms with E-state index in [1.54, 1.807) is 7.11 Å². The van der Waals surface area contributed by atoms with Crippen LogP contribution in [0, 0.1) is 5.82 Å². The van der Waals surface area contributed by atoms with Crippen LogP contribution in [0.1, 0.15) is 30.9 Å². The lowest BCUT2D eigenvalue weighted by atomic mass is 9.96. The zero-order valence-corrected chi connectivity index (χ0v) is 12.1. The Bertz CT molecular complexity index is 433. The van der Waals surface area contributed by atoms with Gasteiger partial charge in [0.15, 0.2) is 11.6 Å². The third kappa shape index (κ3) is 2.47. The van der Waals surface area contributed by atoms with E-state index in [1.807, 2.05) is 0 Å². The lowest BCUT2D eigenvalue weighted by molar-refractivity contribution is 0.351. The summed E-state index contributed by atoms with van der Waals surface area (Å²) >= 11 is 3.35. The smallest absolute Gasteiger partial charge is 0.172 e. The topological polar surface area (TPSA) is 30.5 Å². The van der Waals surface area contributed by atoms with Crippen molar-refractivity contribution in [1.29, 1.82) is 0 Å². The summed E-state index contributed by atoms with van der Waals surface area (Å²) in [6.45, 7) is 0.957. The monoisotopic (exact) mass is 317 g/mol. The molecule has 1 unspecified atom stereocenters. The molecule has 1 atom stereocenters. The van der Waals surface area contributed by atoms with Crippen LogP contribution in [0.15, 0.2) is 10.5 Å². The fourth-order valence-electron chi connectivity index (χ4n) is 2.37. The maximum atomic E-state index is 13.9. The predicted octanol–water partition coefficient (Wildman–Crippen LogP) is 3.42.